The van der Waals surface area contributed by atoms with E-state index in [1.165, 1.54) is 0 Å². The van der Waals surface area contributed by atoms with E-state index in [1.807, 2.05) is 30.3 Å². The van der Waals surface area contributed by atoms with Crippen molar-refractivity contribution in [2.75, 3.05) is 26.7 Å². The van der Waals surface area contributed by atoms with E-state index in [4.69, 9.17) is 5.11 Å². The maximum atomic E-state index is 11.8. The molecule has 0 atom stereocenters. The summed E-state index contributed by atoms with van der Waals surface area (Å²) in [5.41, 5.74) is 1.98. The standard InChI is InChI=1S/C15H19N3O2/c1-18(8-9-19)11-15(20)17-10-12-6-7-16-14-5-3-2-4-13(12)14/h2-7,19H,8-11H2,1H3,(H,17,20). The average molecular weight is 273 g/mol. The number of pyridine rings is 1. The van der Waals surface area contributed by atoms with Gasteiger partial charge in [0.05, 0.1) is 18.7 Å². The van der Waals surface area contributed by atoms with Crippen molar-refractivity contribution in [3.63, 3.8) is 0 Å². The maximum Gasteiger partial charge on any atom is 0.234 e. The molecule has 1 heterocycles. The number of nitrogens with one attached hydrogen (secondary N) is 1. The molecule has 0 fully saturated rings. The van der Waals surface area contributed by atoms with Crippen LogP contribution in [0.2, 0.25) is 0 Å². The third-order valence-corrected chi connectivity index (χ3v) is 3.11. The normalized spacial score (nSPS) is 10.9. The number of aromatic nitrogens is 1. The fraction of sp³-hybridized carbons (Fsp3) is 0.333. The maximum absolute atomic E-state index is 11.8. The molecule has 5 heteroatoms. The second kappa shape index (κ2) is 6.98. The number of rotatable bonds is 6. The van der Waals surface area contributed by atoms with Crippen LogP contribution in [0.25, 0.3) is 10.9 Å². The zero-order chi connectivity index (χ0) is 14.4. The number of aliphatic hydroxyl groups excluding tert-OH is 1. The second-order valence-electron chi connectivity index (χ2n) is 4.73. The van der Waals surface area contributed by atoms with Crippen LogP contribution < -0.4 is 5.32 Å². The average Bonchev–Trinajstić information content (AvgIpc) is 2.45. The highest BCUT2D eigenvalue weighted by Crippen LogP contribution is 2.15. The molecule has 0 spiro atoms. The van der Waals surface area contributed by atoms with Crippen molar-refractivity contribution >= 4 is 16.8 Å². The van der Waals surface area contributed by atoms with Gasteiger partial charge in [-0.3, -0.25) is 14.7 Å². The van der Waals surface area contributed by atoms with Crippen molar-refractivity contribution in [2.24, 2.45) is 0 Å². The summed E-state index contributed by atoms with van der Waals surface area (Å²) in [5, 5.41) is 12.7. The van der Waals surface area contributed by atoms with Crippen LogP contribution in [0.5, 0.6) is 0 Å². The Bertz CT molecular complexity index is 581. The van der Waals surface area contributed by atoms with Gasteiger partial charge in [-0.2, -0.15) is 0 Å². The monoisotopic (exact) mass is 273 g/mol. The largest absolute Gasteiger partial charge is 0.395 e. The van der Waals surface area contributed by atoms with Crippen molar-refractivity contribution < 1.29 is 9.90 Å². The summed E-state index contributed by atoms with van der Waals surface area (Å²) in [6.45, 7) is 1.31. The Morgan fingerprint density at radius 1 is 1.35 bits per heavy atom. The quantitative estimate of drug-likeness (QED) is 0.816. The molecule has 2 aromatic rings. The van der Waals surface area contributed by atoms with Crippen LogP contribution in [0.4, 0.5) is 0 Å². The van der Waals surface area contributed by atoms with Gasteiger partial charge in [0.2, 0.25) is 5.91 Å². The molecule has 0 unspecified atom stereocenters. The lowest BCUT2D eigenvalue weighted by atomic mass is 10.1. The van der Waals surface area contributed by atoms with Crippen LogP contribution in [0, 0.1) is 0 Å². The van der Waals surface area contributed by atoms with Gasteiger partial charge < -0.3 is 10.4 Å². The minimum Gasteiger partial charge on any atom is -0.395 e. The highest BCUT2D eigenvalue weighted by atomic mass is 16.3. The topological polar surface area (TPSA) is 65.5 Å². The number of hydrogen-bond acceptors (Lipinski definition) is 4. The predicted molar refractivity (Wildman–Crippen MR) is 78.2 cm³/mol. The Labute approximate surface area is 118 Å². The van der Waals surface area contributed by atoms with Crippen LogP contribution in [-0.2, 0) is 11.3 Å². The van der Waals surface area contributed by atoms with E-state index in [1.54, 1.807) is 18.1 Å². The Morgan fingerprint density at radius 3 is 2.95 bits per heavy atom. The number of hydrogen-bond donors (Lipinski definition) is 2. The summed E-state index contributed by atoms with van der Waals surface area (Å²) in [7, 11) is 1.80. The van der Waals surface area contributed by atoms with E-state index in [0.717, 1.165) is 16.5 Å². The molecule has 0 bridgehead atoms. The zero-order valence-electron chi connectivity index (χ0n) is 11.5. The summed E-state index contributed by atoms with van der Waals surface area (Å²) < 4.78 is 0. The smallest absolute Gasteiger partial charge is 0.234 e. The van der Waals surface area contributed by atoms with Crippen molar-refractivity contribution in [1.82, 2.24) is 15.2 Å². The Morgan fingerprint density at radius 2 is 2.15 bits per heavy atom. The highest BCUT2D eigenvalue weighted by molar-refractivity contribution is 5.83. The molecule has 1 amide bonds. The van der Waals surface area contributed by atoms with Crippen molar-refractivity contribution in [2.45, 2.75) is 6.54 Å². The molecule has 2 N–H and O–H groups in total. The van der Waals surface area contributed by atoms with Crippen molar-refractivity contribution in [3.8, 4) is 0 Å². The summed E-state index contributed by atoms with van der Waals surface area (Å²) >= 11 is 0. The van der Waals surface area contributed by atoms with E-state index >= 15 is 0 Å². The van der Waals surface area contributed by atoms with Crippen LogP contribution in [0.15, 0.2) is 36.5 Å². The molecular weight excluding hydrogens is 254 g/mol. The number of carbonyl (C=O) groups is 1. The van der Waals surface area contributed by atoms with E-state index in [-0.39, 0.29) is 19.1 Å². The summed E-state index contributed by atoms with van der Waals surface area (Å²) in [6.07, 6.45) is 1.75. The zero-order valence-corrected chi connectivity index (χ0v) is 11.5. The first-order chi connectivity index (χ1) is 9.70. The molecule has 0 aliphatic carbocycles. The van der Waals surface area contributed by atoms with Gasteiger partial charge in [0.15, 0.2) is 0 Å². The fourth-order valence-corrected chi connectivity index (χ4v) is 2.05. The second-order valence-corrected chi connectivity index (χ2v) is 4.73. The first-order valence-electron chi connectivity index (χ1n) is 6.59. The lowest BCUT2D eigenvalue weighted by molar-refractivity contribution is -0.122. The van der Waals surface area contributed by atoms with Crippen LogP contribution >= 0.6 is 0 Å². The van der Waals surface area contributed by atoms with Gasteiger partial charge in [0, 0.05) is 24.7 Å². The summed E-state index contributed by atoms with van der Waals surface area (Å²) in [5.74, 6) is -0.0538. The number of aliphatic hydroxyl groups is 1. The lowest BCUT2D eigenvalue weighted by Gasteiger charge is -2.15. The highest BCUT2D eigenvalue weighted by Gasteiger charge is 2.07. The van der Waals surface area contributed by atoms with Gasteiger partial charge in [-0.05, 0) is 24.7 Å². The van der Waals surface area contributed by atoms with Crippen LogP contribution in [0.3, 0.4) is 0 Å². The molecule has 106 valence electrons. The molecule has 0 aliphatic rings. The van der Waals surface area contributed by atoms with Crippen LogP contribution in [-0.4, -0.2) is 47.6 Å². The van der Waals surface area contributed by atoms with Crippen molar-refractivity contribution in [3.05, 3.63) is 42.1 Å². The molecule has 0 aliphatic heterocycles. The molecule has 20 heavy (non-hydrogen) atoms. The molecular formula is C15H19N3O2. The van der Waals surface area contributed by atoms with Crippen molar-refractivity contribution in [1.29, 1.82) is 0 Å². The number of carbonyl (C=O) groups excluding carboxylic acids is 1. The molecule has 5 nitrogen and oxygen atoms in total. The molecule has 0 radical (unpaired) electrons. The summed E-state index contributed by atoms with van der Waals surface area (Å²) in [4.78, 5) is 17.9. The van der Waals surface area contributed by atoms with Gasteiger partial charge in [-0.1, -0.05) is 18.2 Å². The molecule has 2 rings (SSSR count). The predicted octanol–water partition coefficient (Wildman–Crippen LogP) is 0.775. The molecule has 0 saturated heterocycles. The SMILES string of the molecule is CN(CCO)CC(=O)NCc1ccnc2ccccc12. The Hall–Kier alpha value is -1.98. The third-order valence-electron chi connectivity index (χ3n) is 3.11. The van der Waals surface area contributed by atoms with Crippen LogP contribution in [0.1, 0.15) is 5.56 Å². The first-order valence-corrected chi connectivity index (χ1v) is 6.59. The Kier molecular flexibility index (Phi) is 5.03. The lowest BCUT2D eigenvalue weighted by Crippen LogP contribution is -2.36. The minimum absolute atomic E-state index is 0.0538. The van der Waals surface area contributed by atoms with Gasteiger partial charge in [0.1, 0.15) is 0 Å². The first kappa shape index (κ1) is 14.4. The molecule has 0 saturated carbocycles. The fourth-order valence-electron chi connectivity index (χ4n) is 2.05. The van der Waals surface area contributed by atoms with Gasteiger partial charge in [0.25, 0.3) is 0 Å². The number of likely N-dealkylation sites (N-methyl/N-ethyl adjacent to an activating group) is 1. The van der Waals surface area contributed by atoms with Gasteiger partial charge in [-0.25, -0.2) is 0 Å². The number of amides is 1. The third kappa shape index (κ3) is 3.76. The number of fused-ring (bicyclic) bond motifs is 1. The number of benzene rings is 1. The number of nitrogens with zero attached hydrogens (tertiary/aromatic N) is 2. The van der Waals surface area contributed by atoms with E-state index in [0.29, 0.717) is 13.1 Å². The number of para-hydroxylation sites is 1. The Balaban J connectivity index is 1.97. The summed E-state index contributed by atoms with van der Waals surface area (Å²) in [6, 6.07) is 9.78. The van der Waals surface area contributed by atoms with Gasteiger partial charge in [-0.15, -0.1) is 0 Å². The van der Waals surface area contributed by atoms with Gasteiger partial charge >= 0.3 is 0 Å². The molecule has 1 aromatic carbocycles. The van der Waals surface area contributed by atoms with E-state index in [9.17, 15) is 4.79 Å². The van der Waals surface area contributed by atoms with E-state index in [2.05, 4.69) is 10.3 Å². The molecule has 1 aromatic heterocycles. The minimum atomic E-state index is -0.0538. The van der Waals surface area contributed by atoms with E-state index < -0.39 is 0 Å².